The second-order valence-corrected chi connectivity index (χ2v) is 12.7. The van der Waals surface area contributed by atoms with Crippen LogP contribution in [0.15, 0.2) is 0 Å². The minimum Gasteiger partial charge on any atom is -0.776 e. The molecule has 0 radical (unpaired) electrons. The van der Waals surface area contributed by atoms with Crippen molar-refractivity contribution in [2.75, 3.05) is 13.1 Å². The van der Waals surface area contributed by atoms with E-state index in [1.54, 1.807) is 0 Å². The van der Waals surface area contributed by atoms with E-state index in [1.807, 2.05) is 0 Å². The van der Waals surface area contributed by atoms with E-state index in [9.17, 15) is 37.8 Å². The molecule has 0 bridgehead atoms. The maximum atomic E-state index is 10.5. The van der Waals surface area contributed by atoms with Crippen molar-refractivity contribution in [3.63, 3.8) is 0 Å². The Labute approximate surface area is 193 Å². The topological polar surface area (TPSA) is 400 Å². The zero-order chi connectivity index (χ0) is 21.8. The number of hydrogen-bond acceptors (Lipinski definition) is 10. The van der Waals surface area contributed by atoms with Crippen molar-refractivity contribution in [1.29, 1.82) is 0 Å². The number of aliphatic hydroxyl groups is 2. The molecule has 0 saturated carbocycles. The fourth-order valence-corrected chi connectivity index (χ4v) is 5.68. The number of rotatable bonds is 8. The van der Waals surface area contributed by atoms with Crippen LogP contribution in [0.3, 0.4) is 0 Å². The summed E-state index contributed by atoms with van der Waals surface area (Å²) in [6.45, 7) is -0.563. The van der Waals surface area contributed by atoms with Gasteiger partial charge < -0.3 is 90.0 Å². The average molecular weight is 544 g/mol. The van der Waals surface area contributed by atoms with Crippen LogP contribution in [0.1, 0.15) is 12.8 Å². The summed E-state index contributed by atoms with van der Waals surface area (Å²) in [6, 6.07) is 0. The molecular weight excluding hydrogens is 520 g/mol. The first kappa shape index (κ1) is 40.9. The summed E-state index contributed by atoms with van der Waals surface area (Å²) in [6.07, 6.45) is -1.77. The molecule has 0 aromatic heterocycles. The van der Waals surface area contributed by atoms with Gasteiger partial charge in [0.15, 0.2) is 40.5 Å². The van der Waals surface area contributed by atoms with E-state index in [-0.39, 0.29) is 61.8 Å². The largest absolute Gasteiger partial charge is 2.00 e. The van der Waals surface area contributed by atoms with E-state index < -0.39 is 53.4 Å². The van der Waals surface area contributed by atoms with Crippen LogP contribution in [0, 0.1) is 0 Å². The van der Waals surface area contributed by atoms with Crippen LogP contribution >= 0.6 is 30.4 Å². The number of quaternary nitrogens is 2. The van der Waals surface area contributed by atoms with E-state index >= 15 is 0 Å². The molecule has 4 atom stereocenters. The summed E-state index contributed by atoms with van der Waals surface area (Å²) in [7, 11) is -22.3. The van der Waals surface area contributed by atoms with Gasteiger partial charge in [0.1, 0.15) is 0 Å². The SMILES string of the molecule is O.O.[Ca+2].[NH3+]CCC(O)(P(=O)([O-])O)P(=O)([O-])O.[NH3+]CCC(O)(P(=O)([O-])O)P(=O)([O-])O. The summed E-state index contributed by atoms with van der Waals surface area (Å²) in [5.74, 6) is 0. The summed E-state index contributed by atoms with van der Waals surface area (Å²) in [5.41, 5.74) is 6.19. The van der Waals surface area contributed by atoms with Crippen molar-refractivity contribution in [3.8, 4) is 0 Å². The molecule has 23 heteroatoms. The molecule has 0 fully saturated rings. The Bertz CT molecular complexity index is 550. The third kappa shape index (κ3) is 10.9. The molecule has 176 valence electrons. The maximum Gasteiger partial charge on any atom is 2.00 e. The van der Waals surface area contributed by atoms with E-state index in [0.29, 0.717) is 0 Å². The van der Waals surface area contributed by atoms with Crippen molar-refractivity contribution >= 4 is 68.1 Å². The van der Waals surface area contributed by atoms with Crippen LogP contribution in [-0.2, 0) is 18.3 Å². The van der Waals surface area contributed by atoms with Gasteiger partial charge in [-0.25, -0.2) is 0 Å². The minimum atomic E-state index is -5.59. The predicted octanol–water partition coefficient (Wildman–Crippen LogP) is -9.32. The van der Waals surface area contributed by atoms with Gasteiger partial charge in [-0.15, -0.1) is 0 Å². The standard InChI is InChI=1S/2C3H11NO7P2.Ca.2H2O/c2*4-2-1-3(5,12(6,7)8)13(9,10)11;;;/h2*5H,1-2,4H2,(H2,6,7,8)(H2,9,10,11);;2*1H2/q;;+2;;/p-2. The molecule has 0 rings (SSSR count). The van der Waals surface area contributed by atoms with Gasteiger partial charge in [0.2, 0.25) is 0 Å². The van der Waals surface area contributed by atoms with E-state index in [1.165, 1.54) is 0 Å². The fourth-order valence-electron chi connectivity index (χ4n) is 1.36. The Kier molecular flexibility index (Phi) is 19.8. The molecule has 29 heavy (non-hydrogen) atoms. The molecule has 0 heterocycles. The summed E-state index contributed by atoms with van der Waals surface area (Å²) >= 11 is 0. The first-order valence-electron chi connectivity index (χ1n) is 6.31. The van der Waals surface area contributed by atoms with E-state index in [2.05, 4.69) is 11.5 Å². The van der Waals surface area contributed by atoms with Crippen LogP contribution in [0.4, 0.5) is 0 Å². The molecular formula is C6H24CaN2O16P4. The second-order valence-electron chi connectivity index (χ2n) is 4.84. The molecule has 0 aliphatic heterocycles. The average Bonchev–Trinajstić information content (AvgIpc) is 2.34. The van der Waals surface area contributed by atoms with Gasteiger partial charge in [-0.05, 0) is 0 Å². The summed E-state index contributed by atoms with van der Waals surface area (Å²) in [5, 5.41) is 10.9. The fraction of sp³-hybridized carbons (Fsp3) is 1.00. The van der Waals surface area contributed by atoms with E-state index in [0.717, 1.165) is 0 Å². The first-order chi connectivity index (χ1) is 11.1. The minimum absolute atomic E-state index is 0. The van der Waals surface area contributed by atoms with Crippen LogP contribution in [0.5, 0.6) is 0 Å². The summed E-state index contributed by atoms with van der Waals surface area (Å²) < 4.78 is 41.9. The van der Waals surface area contributed by atoms with Crippen LogP contribution in [-0.4, -0.2) is 102 Å². The third-order valence-corrected chi connectivity index (χ3v) is 10.4. The Morgan fingerprint density at radius 1 is 0.621 bits per heavy atom. The molecule has 0 aliphatic carbocycles. The molecule has 0 amide bonds. The molecule has 4 unspecified atom stereocenters. The first-order valence-corrected chi connectivity index (χ1v) is 12.6. The van der Waals surface area contributed by atoms with Crippen molar-refractivity contribution in [2.45, 2.75) is 23.0 Å². The zero-order valence-electron chi connectivity index (χ0n) is 14.7. The molecule has 0 aromatic carbocycles. The monoisotopic (exact) mass is 544 g/mol. The van der Waals surface area contributed by atoms with Gasteiger partial charge >= 0.3 is 37.7 Å². The van der Waals surface area contributed by atoms with Gasteiger partial charge in [-0.1, -0.05) is 0 Å². The van der Waals surface area contributed by atoms with Crippen molar-refractivity contribution < 1.29 is 90.0 Å². The summed E-state index contributed by atoms with van der Waals surface area (Å²) in [4.78, 5) is 75.4. The quantitative estimate of drug-likeness (QED) is 0.104. The Balaban J connectivity index is -0.000000120. The molecule has 18 nitrogen and oxygen atoms in total. The molecule has 0 spiro atoms. The van der Waals surface area contributed by atoms with Gasteiger partial charge in [-0.2, -0.15) is 0 Å². The Morgan fingerprint density at radius 3 is 0.793 bits per heavy atom. The normalized spacial score (nSPS) is 23.0. The zero-order valence-corrected chi connectivity index (χ0v) is 20.5. The van der Waals surface area contributed by atoms with Gasteiger partial charge in [0, 0.05) is 12.8 Å². The molecule has 16 N–H and O–H groups in total. The second kappa shape index (κ2) is 14.0. The Hall–Kier alpha value is 1.62. The maximum absolute atomic E-state index is 10.5. The molecule has 0 aromatic rings. The predicted molar refractivity (Wildman–Crippen MR) is 86.9 cm³/mol. The van der Waals surface area contributed by atoms with Gasteiger partial charge in [0.25, 0.3) is 0 Å². The molecule has 0 saturated heterocycles. The molecule has 0 aliphatic rings. The smallest absolute Gasteiger partial charge is 0.776 e. The van der Waals surface area contributed by atoms with Crippen molar-refractivity contribution in [2.24, 2.45) is 0 Å². The van der Waals surface area contributed by atoms with E-state index in [4.69, 9.17) is 29.8 Å². The van der Waals surface area contributed by atoms with Crippen LogP contribution < -0.4 is 31.0 Å². The van der Waals surface area contributed by atoms with Crippen LogP contribution in [0.25, 0.3) is 0 Å². The van der Waals surface area contributed by atoms with Crippen molar-refractivity contribution in [3.05, 3.63) is 0 Å². The van der Waals surface area contributed by atoms with Gasteiger partial charge in [-0.3, -0.25) is 0 Å². The van der Waals surface area contributed by atoms with Crippen molar-refractivity contribution in [1.82, 2.24) is 0 Å². The third-order valence-electron chi connectivity index (χ3n) is 2.83. The van der Waals surface area contributed by atoms with Gasteiger partial charge in [0.05, 0.1) is 13.1 Å². The number of hydrogen-bond donors (Lipinski definition) is 8. The van der Waals surface area contributed by atoms with Crippen LogP contribution in [0.2, 0.25) is 0 Å². The Morgan fingerprint density at radius 2 is 0.759 bits per heavy atom.